The lowest BCUT2D eigenvalue weighted by atomic mass is 9.80. The van der Waals surface area contributed by atoms with Crippen molar-refractivity contribution in [1.29, 1.82) is 0 Å². The van der Waals surface area contributed by atoms with Crippen molar-refractivity contribution in [1.82, 2.24) is 4.57 Å². The van der Waals surface area contributed by atoms with Crippen LogP contribution in [0.4, 0.5) is 0 Å². The summed E-state index contributed by atoms with van der Waals surface area (Å²) in [4.78, 5) is 0. The summed E-state index contributed by atoms with van der Waals surface area (Å²) in [6, 6.07) is 21.4. The zero-order valence-electron chi connectivity index (χ0n) is 12.1. The molecule has 1 heterocycles. The van der Waals surface area contributed by atoms with Crippen molar-refractivity contribution in [3.63, 3.8) is 0 Å². The fourth-order valence-electron chi connectivity index (χ4n) is 3.08. The molecule has 0 aliphatic rings. The summed E-state index contributed by atoms with van der Waals surface area (Å²) in [5, 5.41) is 21.7. The predicted octanol–water partition coefficient (Wildman–Crippen LogP) is 3.12. The molecule has 0 saturated heterocycles. The van der Waals surface area contributed by atoms with Gasteiger partial charge in [0.15, 0.2) is 0 Å². The van der Waals surface area contributed by atoms with Crippen LogP contribution in [0.3, 0.4) is 0 Å². The number of nitrogens with zero attached hydrogens (tertiary/aromatic N) is 1. The van der Waals surface area contributed by atoms with Gasteiger partial charge in [-0.1, -0.05) is 48.0 Å². The molecule has 4 rings (SSSR count). The average Bonchev–Trinajstić information content (AvgIpc) is 2.89. The van der Waals surface area contributed by atoms with Crippen molar-refractivity contribution in [2.45, 2.75) is 0 Å². The molecule has 3 aromatic carbocycles. The van der Waals surface area contributed by atoms with Gasteiger partial charge in [-0.05, 0) is 35.8 Å². The smallest absolute Gasteiger partial charge is 0.423 e. The Morgan fingerprint density at radius 2 is 1.35 bits per heavy atom. The highest BCUT2D eigenvalue weighted by Crippen LogP contribution is 2.32. The molecule has 0 aliphatic carbocycles. The van der Waals surface area contributed by atoms with Gasteiger partial charge in [-0.2, -0.15) is 0 Å². The van der Waals surface area contributed by atoms with E-state index in [1.165, 1.54) is 0 Å². The molecule has 0 spiro atoms. The van der Waals surface area contributed by atoms with Crippen molar-refractivity contribution < 1.29 is 10.0 Å². The number of rotatable bonds is 2. The Balaban J connectivity index is 2.12. The quantitative estimate of drug-likeness (QED) is 0.557. The molecule has 2 N–H and O–H groups in total. The molecule has 0 bridgehead atoms. The third-order valence-corrected chi connectivity index (χ3v) is 4.26. The Morgan fingerprint density at radius 1 is 0.783 bits per heavy atom. The summed E-state index contributed by atoms with van der Waals surface area (Å²) in [5.74, 6) is 0. The predicted molar refractivity (Wildman–Crippen MR) is 95.6 cm³/mol. The fraction of sp³-hybridized carbons (Fsp3) is 0. The van der Waals surface area contributed by atoms with Gasteiger partial charge >= 0.3 is 7.12 Å². The second kappa shape index (κ2) is 5.42. The molecule has 4 aromatic rings. The minimum atomic E-state index is -1.56. The number of hydrogen-bond donors (Lipinski definition) is 2. The van der Waals surface area contributed by atoms with Crippen molar-refractivity contribution in [2.24, 2.45) is 0 Å². The fourth-order valence-corrected chi connectivity index (χ4v) is 3.31. The molecule has 0 fully saturated rings. The molecule has 5 heteroatoms. The van der Waals surface area contributed by atoms with E-state index in [4.69, 9.17) is 11.6 Å². The number of halogens is 1. The normalized spacial score (nSPS) is 11.3. The van der Waals surface area contributed by atoms with Crippen molar-refractivity contribution >= 4 is 46.0 Å². The zero-order chi connectivity index (χ0) is 16.0. The first-order valence-electron chi connectivity index (χ1n) is 7.30. The van der Waals surface area contributed by atoms with E-state index < -0.39 is 7.12 Å². The minimum Gasteiger partial charge on any atom is -0.423 e. The largest absolute Gasteiger partial charge is 0.488 e. The van der Waals surface area contributed by atoms with Gasteiger partial charge in [0, 0.05) is 21.5 Å². The van der Waals surface area contributed by atoms with Crippen LogP contribution in [0, 0.1) is 0 Å². The highest BCUT2D eigenvalue weighted by Gasteiger charge is 2.16. The van der Waals surface area contributed by atoms with Crippen molar-refractivity contribution in [2.75, 3.05) is 0 Å². The van der Waals surface area contributed by atoms with Crippen molar-refractivity contribution in [3.05, 3.63) is 71.8 Å². The number of aromatic nitrogens is 1. The van der Waals surface area contributed by atoms with Crippen LogP contribution in [0.2, 0.25) is 5.02 Å². The van der Waals surface area contributed by atoms with Gasteiger partial charge in [-0.25, -0.2) is 0 Å². The van der Waals surface area contributed by atoms with Gasteiger partial charge < -0.3 is 14.6 Å². The maximum Gasteiger partial charge on any atom is 0.488 e. The summed E-state index contributed by atoms with van der Waals surface area (Å²) < 4.78 is 2.09. The molecule has 0 atom stereocenters. The lowest BCUT2D eigenvalue weighted by molar-refractivity contribution is 0.426. The summed E-state index contributed by atoms with van der Waals surface area (Å²) in [5.41, 5.74) is 3.27. The second-order valence-corrected chi connectivity index (χ2v) is 5.92. The summed E-state index contributed by atoms with van der Waals surface area (Å²) >= 11 is 6.18. The maximum atomic E-state index is 9.48. The van der Waals surface area contributed by atoms with Crippen LogP contribution >= 0.6 is 11.6 Å². The second-order valence-electron chi connectivity index (χ2n) is 5.49. The SMILES string of the molecule is OB(O)c1cc(Cl)cc(-n2c3ccccc3c3ccccc32)c1. The number of para-hydroxylation sites is 2. The Bertz CT molecular complexity index is 973. The molecule has 1 aromatic heterocycles. The maximum absolute atomic E-state index is 9.48. The highest BCUT2D eigenvalue weighted by molar-refractivity contribution is 6.59. The van der Waals surface area contributed by atoms with E-state index in [9.17, 15) is 10.0 Å². The standard InChI is InChI=1S/C18H13BClNO2/c20-13-9-12(19(22)23)10-14(11-13)21-17-7-3-1-5-15(17)16-6-2-4-8-18(16)21/h1-11,22-23H. The van der Waals surface area contributed by atoms with E-state index in [-0.39, 0.29) is 0 Å². The van der Waals surface area contributed by atoms with E-state index in [2.05, 4.69) is 16.7 Å². The lowest BCUT2D eigenvalue weighted by Gasteiger charge is -2.10. The van der Waals surface area contributed by atoms with E-state index >= 15 is 0 Å². The van der Waals surface area contributed by atoms with E-state index in [1.807, 2.05) is 42.5 Å². The van der Waals surface area contributed by atoms with Crippen LogP contribution < -0.4 is 5.46 Å². The van der Waals surface area contributed by atoms with Crippen molar-refractivity contribution in [3.8, 4) is 5.69 Å². The van der Waals surface area contributed by atoms with Gasteiger partial charge in [-0.3, -0.25) is 0 Å². The average molecular weight is 322 g/mol. The first-order valence-corrected chi connectivity index (χ1v) is 7.68. The molecule has 0 unspecified atom stereocenters. The monoisotopic (exact) mass is 321 g/mol. The molecule has 3 nitrogen and oxygen atoms in total. The molecule has 0 saturated carbocycles. The molecule has 0 aliphatic heterocycles. The van der Waals surface area contributed by atoms with Gasteiger partial charge in [0.2, 0.25) is 0 Å². The van der Waals surface area contributed by atoms with Crippen LogP contribution in [0.15, 0.2) is 66.7 Å². The number of benzene rings is 3. The van der Waals surface area contributed by atoms with Gasteiger partial charge in [0.05, 0.1) is 11.0 Å². The summed E-state index contributed by atoms with van der Waals surface area (Å²) in [6.07, 6.45) is 0. The number of fused-ring (bicyclic) bond motifs is 3. The van der Waals surface area contributed by atoms with Crippen LogP contribution in [-0.4, -0.2) is 21.7 Å². The minimum absolute atomic E-state index is 0.370. The lowest BCUT2D eigenvalue weighted by Crippen LogP contribution is -2.30. The summed E-state index contributed by atoms with van der Waals surface area (Å²) in [7, 11) is -1.56. The van der Waals surface area contributed by atoms with Crippen LogP contribution in [0.5, 0.6) is 0 Å². The molecular formula is C18H13BClNO2. The van der Waals surface area contributed by atoms with Crippen LogP contribution in [-0.2, 0) is 0 Å². The van der Waals surface area contributed by atoms with Gasteiger partial charge in [0.1, 0.15) is 0 Å². The molecular weight excluding hydrogens is 308 g/mol. The summed E-state index contributed by atoms with van der Waals surface area (Å²) in [6.45, 7) is 0. The van der Waals surface area contributed by atoms with Crippen LogP contribution in [0.1, 0.15) is 0 Å². The Morgan fingerprint density at radius 3 is 1.91 bits per heavy atom. The first-order chi connectivity index (χ1) is 11.1. The Hall–Kier alpha value is -2.27. The number of hydrogen-bond acceptors (Lipinski definition) is 2. The zero-order valence-corrected chi connectivity index (χ0v) is 12.9. The van der Waals surface area contributed by atoms with E-state index in [0.717, 1.165) is 27.5 Å². The molecule has 112 valence electrons. The molecule has 23 heavy (non-hydrogen) atoms. The molecule has 0 amide bonds. The van der Waals surface area contributed by atoms with Crippen LogP contribution in [0.25, 0.3) is 27.5 Å². The Labute approximate surface area is 138 Å². The molecule has 0 radical (unpaired) electrons. The third-order valence-electron chi connectivity index (χ3n) is 4.04. The van der Waals surface area contributed by atoms with E-state index in [0.29, 0.717) is 10.5 Å². The Kier molecular flexibility index (Phi) is 3.38. The third kappa shape index (κ3) is 2.32. The van der Waals surface area contributed by atoms with Gasteiger partial charge in [-0.15, -0.1) is 0 Å². The van der Waals surface area contributed by atoms with Gasteiger partial charge in [0.25, 0.3) is 0 Å². The van der Waals surface area contributed by atoms with E-state index in [1.54, 1.807) is 12.1 Å². The highest BCUT2D eigenvalue weighted by atomic mass is 35.5. The first kappa shape index (κ1) is 14.3. The topological polar surface area (TPSA) is 45.4 Å².